The predicted octanol–water partition coefficient (Wildman–Crippen LogP) is 6.50. The van der Waals surface area contributed by atoms with E-state index in [1.165, 1.54) is 54.3 Å². The summed E-state index contributed by atoms with van der Waals surface area (Å²) >= 11 is -1.93. The molecule has 0 spiro atoms. The van der Waals surface area contributed by atoms with E-state index < -0.39 is 18.9 Å². The molecule has 3 nitrogen and oxygen atoms in total. The minimum absolute atomic E-state index is 0.181. The van der Waals surface area contributed by atoms with Crippen molar-refractivity contribution in [2.75, 3.05) is 0 Å². The molecule has 0 amide bonds. The number of hydrogen-bond donors (Lipinski definition) is 0. The molecule has 0 aromatic rings. The van der Waals surface area contributed by atoms with Crippen LogP contribution >= 0.6 is 0 Å². The molecule has 0 saturated heterocycles. The van der Waals surface area contributed by atoms with Gasteiger partial charge in [-0.15, -0.1) is 0 Å². The van der Waals surface area contributed by atoms with Crippen LogP contribution < -0.4 is 0 Å². The molecule has 23 heavy (non-hydrogen) atoms. The Morgan fingerprint density at radius 3 is 1.61 bits per heavy atom. The Labute approximate surface area is 147 Å². The summed E-state index contributed by atoms with van der Waals surface area (Å²) in [4.78, 5) is 22.2. The van der Waals surface area contributed by atoms with Crippen molar-refractivity contribution in [1.29, 1.82) is 0 Å². The van der Waals surface area contributed by atoms with Crippen molar-refractivity contribution in [3.8, 4) is 0 Å². The molecule has 0 N–H and O–H groups in total. The first-order chi connectivity index (χ1) is 10.8. The molecule has 0 rings (SSSR count). The Balaban J connectivity index is 4.64. The second-order valence-corrected chi connectivity index (χ2v) is 18.5. The van der Waals surface area contributed by atoms with Crippen molar-refractivity contribution in [3.05, 3.63) is 0 Å². The van der Waals surface area contributed by atoms with Crippen LogP contribution in [-0.4, -0.2) is 24.8 Å². The second-order valence-electron chi connectivity index (χ2n) is 7.96. The molecular formula is C19H40GeO3. The SMILES string of the molecule is CCC[CH2][Ge]([CH2]CCC)([CH2]CCC)[CH2]CC(=O)OOC(C)(C)C. The predicted molar refractivity (Wildman–Crippen MR) is 101 cm³/mol. The van der Waals surface area contributed by atoms with Gasteiger partial charge >= 0.3 is 147 Å². The first-order valence-electron chi connectivity index (χ1n) is 9.67. The van der Waals surface area contributed by atoms with Crippen LogP contribution in [0.25, 0.3) is 0 Å². The summed E-state index contributed by atoms with van der Waals surface area (Å²) in [6.07, 6.45) is 8.35. The van der Waals surface area contributed by atoms with Crippen LogP contribution in [0.2, 0.25) is 21.0 Å². The summed E-state index contributed by atoms with van der Waals surface area (Å²) in [5.74, 6) is -0.181. The molecule has 0 atom stereocenters. The Morgan fingerprint density at radius 1 is 0.826 bits per heavy atom. The van der Waals surface area contributed by atoms with E-state index in [1.54, 1.807) is 0 Å². The molecule has 0 aliphatic rings. The molecule has 0 aromatic carbocycles. The van der Waals surface area contributed by atoms with Gasteiger partial charge in [-0.1, -0.05) is 0 Å². The molecule has 0 unspecified atom stereocenters. The quantitative estimate of drug-likeness (QED) is 0.205. The van der Waals surface area contributed by atoms with E-state index in [-0.39, 0.29) is 5.97 Å². The maximum absolute atomic E-state index is 12.0. The third-order valence-electron chi connectivity index (χ3n) is 4.43. The Kier molecular flexibility index (Phi) is 12.3. The zero-order chi connectivity index (χ0) is 17.8. The van der Waals surface area contributed by atoms with E-state index in [0.29, 0.717) is 6.42 Å². The van der Waals surface area contributed by atoms with Gasteiger partial charge in [0.05, 0.1) is 0 Å². The van der Waals surface area contributed by atoms with Crippen LogP contribution in [0.3, 0.4) is 0 Å². The van der Waals surface area contributed by atoms with Crippen LogP contribution in [0.4, 0.5) is 0 Å². The molecule has 0 fully saturated rings. The first-order valence-corrected chi connectivity index (χ1v) is 15.6. The van der Waals surface area contributed by atoms with E-state index in [4.69, 9.17) is 9.78 Å². The van der Waals surface area contributed by atoms with Gasteiger partial charge in [-0.05, 0) is 0 Å². The van der Waals surface area contributed by atoms with Crippen LogP contribution in [-0.2, 0) is 14.6 Å². The average Bonchev–Trinajstić information content (AvgIpc) is 2.51. The standard InChI is InChI=1S/C19H40GeO3/c1-7-10-14-20(15-11-8-2,16-12-9-3)17-13-18(21)22-23-19(4,5)6/h7-17H2,1-6H3. The third kappa shape index (κ3) is 12.0. The van der Waals surface area contributed by atoms with E-state index in [0.717, 1.165) is 5.25 Å². The molecule has 0 bridgehead atoms. The number of carbonyl (C=O) groups excluding carboxylic acids is 1. The molecular weight excluding hydrogens is 349 g/mol. The monoisotopic (exact) mass is 390 g/mol. The number of carbonyl (C=O) groups is 1. The van der Waals surface area contributed by atoms with Gasteiger partial charge < -0.3 is 0 Å². The van der Waals surface area contributed by atoms with Crippen molar-refractivity contribution in [2.24, 2.45) is 0 Å². The Bertz CT molecular complexity index is 288. The summed E-state index contributed by atoms with van der Waals surface area (Å²) in [7, 11) is 0. The summed E-state index contributed by atoms with van der Waals surface area (Å²) in [5, 5.41) is 5.38. The summed E-state index contributed by atoms with van der Waals surface area (Å²) in [6, 6.07) is 0. The molecule has 0 saturated carbocycles. The van der Waals surface area contributed by atoms with Gasteiger partial charge in [0.1, 0.15) is 0 Å². The van der Waals surface area contributed by atoms with Gasteiger partial charge in [0.2, 0.25) is 0 Å². The average molecular weight is 389 g/mol. The molecule has 4 heteroatoms. The van der Waals surface area contributed by atoms with E-state index in [9.17, 15) is 4.79 Å². The number of unbranched alkanes of at least 4 members (excludes halogenated alkanes) is 3. The van der Waals surface area contributed by atoms with Gasteiger partial charge in [-0.3, -0.25) is 0 Å². The van der Waals surface area contributed by atoms with Gasteiger partial charge in [-0.2, -0.15) is 0 Å². The van der Waals surface area contributed by atoms with Gasteiger partial charge in [0.25, 0.3) is 0 Å². The third-order valence-corrected chi connectivity index (χ3v) is 16.1. The summed E-state index contributed by atoms with van der Waals surface area (Å²) < 4.78 is 0. The van der Waals surface area contributed by atoms with Crippen LogP contribution in [0, 0.1) is 0 Å². The molecule has 0 aliphatic carbocycles. The fourth-order valence-electron chi connectivity index (χ4n) is 2.99. The van der Waals surface area contributed by atoms with Crippen molar-refractivity contribution < 1.29 is 14.6 Å². The van der Waals surface area contributed by atoms with Crippen LogP contribution in [0.1, 0.15) is 86.5 Å². The zero-order valence-electron chi connectivity index (χ0n) is 16.5. The van der Waals surface area contributed by atoms with Crippen molar-refractivity contribution in [2.45, 2.75) is 113 Å². The van der Waals surface area contributed by atoms with Gasteiger partial charge in [0.15, 0.2) is 0 Å². The molecule has 0 aromatic heterocycles. The van der Waals surface area contributed by atoms with E-state index >= 15 is 0 Å². The van der Waals surface area contributed by atoms with Gasteiger partial charge in [0, 0.05) is 0 Å². The Hall–Kier alpha value is -0.0271. The topological polar surface area (TPSA) is 35.5 Å². The zero-order valence-corrected chi connectivity index (χ0v) is 18.6. The van der Waals surface area contributed by atoms with Crippen molar-refractivity contribution >= 4 is 19.2 Å². The van der Waals surface area contributed by atoms with E-state index in [1.807, 2.05) is 20.8 Å². The second kappa shape index (κ2) is 12.4. The number of rotatable bonds is 13. The fourth-order valence-corrected chi connectivity index (χ4v) is 14.6. The number of hydrogen-bond acceptors (Lipinski definition) is 3. The molecule has 0 heterocycles. The van der Waals surface area contributed by atoms with Gasteiger partial charge in [-0.25, -0.2) is 0 Å². The molecule has 0 aliphatic heterocycles. The van der Waals surface area contributed by atoms with Crippen molar-refractivity contribution in [3.63, 3.8) is 0 Å². The minimum atomic E-state index is -1.93. The fraction of sp³-hybridized carbons (Fsp3) is 0.947. The molecule has 138 valence electrons. The van der Waals surface area contributed by atoms with Crippen LogP contribution in [0.5, 0.6) is 0 Å². The normalized spacial score (nSPS) is 12.4. The van der Waals surface area contributed by atoms with Crippen molar-refractivity contribution in [1.82, 2.24) is 0 Å². The summed E-state index contributed by atoms with van der Waals surface area (Å²) in [5.41, 5.74) is -0.430. The summed E-state index contributed by atoms with van der Waals surface area (Å²) in [6.45, 7) is 12.5. The van der Waals surface area contributed by atoms with Crippen LogP contribution in [0.15, 0.2) is 0 Å². The first kappa shape index (κ1) is 23.0. The maximum atomic E-state index is 12.0. The Morgan fingerprint density at radius 2 is 1.26 bits per heavy atom. The van der Waals surface area contributed by atoms with E-state index in [2.05, 4.69) is 20.8 Å². The molecule has 0 radical (unpaired) electrons.